The van der Waals surface area contributed by atoms with E-state index in [2.05, 4.69) is 30.7 Å². The summed E-state index contributed by atoms with van der Waals surface area (Å²) in [6, 6.07) is 1.73. The van der Waals surface area contributed by atoms with Gasteiger partial charge in [-0.1, -0.05) is 0 Å². The van der Waals surface area contributed by atoms with Crippen molar-refractivity contribution in [3.63, 3.8) is 0 Å². The average molecular weight is 400 g/mol. The number of carbonyl (C=O) groups excluding carboxylic acids is 2. The molecule has 2 fully saturated rings. The number of likely N-dealkylation sites (N-methyl/N-ethyl adjacent to an activating group) is 1. The fraction of sp³-hybridized carbons (Fsp3) is 0.632. The van der Waals surface area contributed by atoms with E-state index in [1.165, 1.54) is 6.20 Å². The first-order valence-corrected chi connectivity index (χ1v) is 10.2. The van der Waals surface area contributed by atoms with E-state index in [0.29, 0.717) is 25.3 Å². The molecule has 29 heavy (non-hydrogen) atoms. The molecule has 156 valence electrons. The minimum absolute atomic E-state index is 0.0636. The van der Waals surface area contributed by atoms with Crippen LogP contribution < -0.4 is 5.32 Å². The Bertz CT molecular complexity index is 821. The van der Waals surface area contributed by atoms with Crippen LogP contribution in [0.15, 0.2) is 24.7 Å². The van der Waals surface area contributed by atoms with Crippen molar-refractivity contribution in [3.8, 4) is 0 Å². The highest BCUT2D eigenvalue weighted by atomic mass is 16.2. The molecule has 0 unspecified atom stereocenters. The number of likely N-dealkylation sites (tertiary alicyclic amines) is 2. The zero-order chi connectivity index (χ0) is 20.3. The summed E-state index contributed by atoms with van der Waals surface area (Å²) in [4.78, 5) is 30.4. The van der Waals surface area contributed by atoms with Crippen LogP contribution in [0.1, 0.15) is 36.2 Å². The molecule has 4 heterocycles. The Labute approximate surface area is 169 Å². The topological polar surface area (TPSA) is 112 Å². The number of piperidine rings is 2. The van der Waals surface area contributed by atoms with Crippen LogP contribution in [0, 0.1) is 5.41 Å². The summed E-state index contributed by atoms with van der Waals surface area (Å²) < 4.78 is 1.86. The van der Waals surface area contributed by atoms with E-state index in [9.17, 15) is 9.59 Å². The third-order valence-corrected chi connectivity index (χ3v) is 6.22. The number of hydrogen-bond acceptors (Lipinski definition) is 6. The van der Waals surface area contributed by atoms with E-state index in [1.807, 2.05) is 28.9 Å². The first-order chi connectivity index (χ1) is 14.1. The maximum Gasteiger partial charge on any atom is 0.276 e. The van der Waals surface area contributed by atoms with Crippen LogP contribution in [0.2, 0.25) is 0 Å². The number of nitrogens with zero attached hydrogens (tertiary/aromatic N) is 6. The fourth-order valence-electron chi connectivity index (χ4n) is 4.65. The molecule has 0 bridgehead atoms. The highest BCUT2D eigenvalue weighted by Gasteiger charge is 2.53. The Morgan fingerprint density at radius 2 is 2.24 bits per heavy atom. The first kappa shape index (κ1) is 19.6. The average Bonchev–Trinajstić information content (AvgIpc) is 3.44. The molecule has 4 rings (SSSR count). The zero-order valence-corrected chi connectivity index (χ0v) is 16.8. The van der Waals surface area contributed by atoms with Crippen molar-refractivity contribution in [1.29, 1.82) is 0 Å². The van der Waals surface area contributed by atoms with E-state index in [1.54, 1.807) is 6.20 Å². The molecule has 0 aromatic carbocycles. The molecule has 2 aliphatic heterocycles. The second kappa shape index (κ2) is 8.32. The lowest BCUT2D eigenvalue weighted by molar-refractivity contribution is -0.142. The van der Waals surface area contributed by atoms with E-state index in [0.717, 1.165) is 38.8 Å². The lowest BCUT2D eigenvalue weighted by atomic mass is 9.67. The van der Waals surface area contributed by atoms with Crippen LogP contribution in [0.3, 0.4) is 0 Å². The number of carbonyl (C=O) groups is 2. The molecule has 2 aliphatic rings. The third kappa shape index (κ3) is 3.89. The normalized spacial score (nSPS) is 24.9. The Kier molecular flexibility index (Phi) is 5.61. The van der Waals surface area contributed by atoms with Crippen LogP contribution in [0.5, 0.6) is 0 Å². The molecule has 0 spiro atoms. The second-order valence-electron chi connectivity index (χ2n) is 8.02. The van der Waals surface area contributed by atoms with Gasteiger partial charge in [-0.2, -0.15) is 20.5 Å². The van der Waals surface area contributed by atoms with Crippen LogP contribution in [0.4, 0.5) is 0 Å². The molecular weight excluding hydrogens is 372 g/mol. The van der Waals surface area contributed by atoms with Crippen molar-refractivity contribution in [2.24, 2.45) is 5.41 Å². The number of hydrogen-bond donors (Lipinski definition) is 2. The maximum absolute atomic E-state index is 13.4. The number of amides is 2. The predicted octanol–water partition coefficient (Wildman–Crippen LogP) is 0.134. The van der Waals surface area contributed by atoms with E-state index in [4.69, 9.17) is 0 Å². The molecule has 10 nitrogen and oxygen atoms in total. The van der Waals surface area contributed by atoms with Crippen molar-refractivity contribution < 1.29 is 9.59 Å². The van der Waals surface area contributed by atoms with Gasteiger partial charge in [0.05, 0.1) is 17.7 Å². The number of H-pyrrole nitrogens is 1. The lowest BCUT2D eigenvalue weighted by Crippen LogP contribution is -2.66. The van der Waals surface area contributed by atoms with E-state index < -0.39 is 5.41 Å². The number of rotatable bonds is 6. The SMILES string of the molecule is CN1CC[C@]2(C(=O)NCCCn3cccn3)CCCN(C(=O)c3cn[nH]n3)[C@H]2C1. The van der Waals surface area contributed by atoms with E-state index in [-0.39, 0.29) is 17.9 Å². The van der Waals surface area contributed by atoms with Gasteiger partial charge < -0.3 is 15.1 Å². The van der Waals surface area contributed by atoms with Crippen LogP contribution in [-0.4, -0.2) is 86.1 Å². The van der Waals surface area contributed by atoms with Crippen molar-refractivity contribution in [3.05, 3.63) is 30.4 Å². The van der Waals surface area contributed by atoms with Crippen molar-refractivity contribution in [1.82, 2.24) is 40.3 Å². The molecule has 0 aliphatic carbocycles. The summed E-state index contributed by atoms with van der Waals surface area (Å²) in [6.45, 7) is 3.54. The Balaban J connectivity index is 1.46. The number of aryl methyl sites for hydroxylation is 1. The quantitative estimate of drug-likeness (QED) is 0.667. The Hall–Kier alpha value is -2.75. The summed E-state index contributed by atoms with van der Waals surface area (Å²) in [5, 5.41) is 17.5. The van der Waals surface area contributed by atoms with Gasteiger partial charge in [0.2, 0.25) is 5.91 Å². The second-order valence-corrected chi connectivity index (χ2v) is 8.02. The number of nitrogens with one attached hydrogen (secondary N) is 2. The minimum Gasteiger partial charge on any atom is -0.355 e. The third-order valence-electron chi connectivity index (χ3n) is 6.22. The van der Waals surface area contributed by atoms with Gasteiger partial charge in [-0.05, 0) is 45.3 Å². The lowest BCUT2D eigenvalue weighted by Gasteiger charge is -2.53. The largest absolute Gasteiger partial charge is 0.355 e. The molecule has 0 saturated carbocycles. The molecule has 10 heteroatoms. The summed E-state index contributed by atoms with van der Waals surface area (Å²) >= 11 is 0. The van der Waals surface area contributed by atoms with Gasteiger partial charge in [0, 0.05) is 38.6 Å². The summed E-state index contributed by atoms with van der Waals surface area (Å²) in [6.07, 6.45) is 8.30. The molecule has 2 N–H and O–H groups in total. The first-order valence-electron chi connectivity index (χ1n) is 10.2. The number of aromatic nitrogens is 5. The number of fused-ring (bicyclic) bond motifs is 1. The van der Waals surface area contributed by atoms with Crippen molar-refractivity contribution in [2.75, 3.05) is 33.2 Å². The van der Waals surface area contributed by atoms with Crippen LogP contribution >= 0.6 is 0 Å². The highest BCUT2D eigenvalue weighted by molar-refractivity contribution is 5.93. The van der Waals surface area contributed by atoms with Gasteiger partial charge in [0.25, 0.3) is 5.91 Å². The standard InChI is InChI=1S/C19H28N8O2/c1-25-12-6-19(18(29)20-7-3-9-26-10-4-8-22-26)5-2-11-27(16(19)14-25)17(28)15-13-21-24-23-15/h4,8,10,13,16H,2-3,5-7,9,11-12,14H2,1H3,(H,20,29)(H,21,23,24)/t16-,19+/m0/s1. The van der Waals surface area contributed by atoms with Gasteiger partial charge in [-0.25, -0.2) is 0 Å². The van der Waals surface area contributed by atoms with E-state index >= 15 is 0 Å². The van der Waals surface area contributed by atoms with Gasteiger partial charge in [-0.15, -0.1) is 0 Å². The zero-order valence-electron chi connectivity index (χ0n) is 16.8. The summed E-state index contributed by atoms with van der Waals surface area (Å²) in [7, 11) is 2.04. The Morgan fingerprint density at radius 1 is 1.34 bits per heavy atom. The smallest absolute Gasteiger partial charge is 0.276 e. The summed E-state index contributed by atoms with van der Waals surface area (Å²) in [5.74, 6) is -0.0941. The molecule has 2 amide bonds. The monoisotopic (exact) mass is 400 g/mol. The van der Waals surface area contributed by atoms with Gasteiger partial charge in [0.15, 0.2) is 5.69 Å². The molecular formula is C19H28N8O2. The molecule has 2 aromatic rings. The van der Waals surface area contributed by atoms with Gasteiger partial charge in [0.1, 0.15) is 0 Å². The number of aromatic amines is 1. The van der Waals surface area contributed by atoms with Crippen molar-refractivity contribution in [2.45, 2.75) is 38.3 Å². The Morgan fingerprint density at radius 3 is 3.00 bits per heavy atom. The molecule has 2 atom stereocenters. The molecule has 2 aromatic heterocycles. The summed E-state index contributed by atoms with van der Waals surface area (Å²) in [5.41, 5.74) is -0.246. The molecule has 0 radical (unpaired) electrons. The fourth-order valence-corrected chi connectivity index (χ4v) is 4.65. The molecule has 2 saturated heterocycles. The van der Waals surface area contributed by atoms with Gasteiger partial charge >= 0.3 is 0 Å². The minimum atomic E-state index is -0.546. The van der Waals surface area contributed by atoms with Gasteiger partial charge in [-0.3, -0.25) is 14.3 Å². The van der Waals surface area contributed by atoms with Crippen LogP contribution in [-0.2, 0) is 11.3 Å². The maximum atomic E-state index is 13.4. The predicted molar refractivity (Wildman–Crippen MR) is 105 cm³/mol. The van der Waals surface area contributed by atoms with Crippen molar-refractivity contribution >= 4 is 11.8 Å². The van der Waals surface area contributed by atoms with Crippen LogP contribution in [0.25, 0.3) is 0 Å². The highest BCUT2D eigenvalue weighted by Crippen LogP contribution is 2.43.